The van der Waals surface area contributed by atoms with Crippen molar-refractivity contribution in [2.45, 2.75) is 23.9 Å². The molecule has 0 aliphatic carbocycles. The van der Waals surface area contributed by atoms with Crippen LogP contribution in [-0.2, 0) is 30.9 Å². The molecular weight excluding hydrogens is 484 g/mol. The molecule has 1 unspecified atom stereocenters. The van der Waals surface area contributed by atoms with Gasteiger partial charge in [0.15, 0.2) is 0 Å². The molecule has 3 aromatic rings. The van der Waals surface area contributed by atoms with E-state index in [1.165, 1.54) is 62.8 Å². The standard InChI is InChI=1S/C26H24N2O7S/c1-34-21-12-14-22(15-13-21)36(32,33)27(17-18-6-4-3-5-7-18)23-16-24(29)28(25(23)30)20-10-8-19(9-11-20)26(31)35-2/h3-15,23H,16-17H2,1-2H3. The summed E-state index contributed by atoms with van der Waals surface area (Å²) in [7, 11) is -1.45. The number of sulfonamides is 1. The van der Waals surface area contributed by atoms with Gasteiger partial charge in [0.25, 0.3) is 5.91 Å². The Hall–Kier alpha value is -4.02. The summed E-state index contributed by atoms with van der Waals surface area (Å²) in [5.74, 6) is -1.28. The highest BCUT2D eigenvalue weighted by molar-refractivity contribution is 7.89. The number of rotatable bonds is 8. The third-order valence-corrected chi connectivity index (χ3v) is 7.73. The van der Waals surface area contributed by atoms with Gasteiger partial charge in [-0.3, -0.25) is 9.59 Å². The maximum Gasteiger partial charge on any atom is 0.337 e. The fourth-order valence-corrected chi connectivity index (χ4v) is 5.56. The lowest BCUT2D eigenvalue weighted by Gasteiger charge is -2.27. The molecule has 0 bridgehead atoms. The number of amides is 2. The van der Waals surface area contributed by atoms with Crippen LogP contribution in [0.3, 0.4) is 0 Å². The van der Waals surface area contributed by atoms with Crippen LogP contribution in [0.1, 0.15) is 22.3 Å². The summed E-state index contributed by atoms with van der Waals surface area (Å²) >= 11 is 0. The average Bonchev–Trinajstić information content (AvgIpc) is 3.20. The number of benzene rings is 3. The first-order valence-electron chi connectivity index (χ1n) is 11.0. The molecule has 2 amide bonds. The van der Waals surface area contributed by atoms with E-state index in [9.17, 15) is 22.8 Å². The number of imide groups is 1. The number of hydrogen-bond acceptors (Lipinski definition) is 7. The lowest BCUT2D eigenvalue weighted by Crippen LogP contribution is -2.45. The van der Waals surface area contributed by atoms with Crippen molar-refractivity contribution < 1.29 is 32.3 Å². The molecule has 1 aliphatic rings. The van der Waals surface area contributed by atoms with Crippen molar-refractivity contribution in [3.63, 3.8) is 0 Å². The smallest absolute Gasteiger partial charge is 0.337 e. The molecule has 1 saturated heterocycles. The van der Waals surface area contributed by atoms with Gasteiger partial charge in [-0.2, -0.15) is 4.31 Å². The Bertz CT molecular complexity index is 1370. The monoisotopic (exact) mass is 508 g/mol. The van der Waals surface area contributed by atoms with E-state index in [-0.39, 0.29) is 29.1 Å². The third kappa shape index (κ3) is 4.86. The summed E-state index contributed by atoms with van der Waals surface area (Å²) in [6.07, 6.45) is -0.320. The summed E-state index contributed by atoms with van der Waals surface area (Å²) < 4.78 is 38.3. The lowest BCUT2D eigenvalue weighted by molar-refractivity contribution is -0.122. The van der Waals surface area contributed by atoms with Crippen molar-refractivity contribution in [1.29, 1.82) is 0 Å². The molecule has 186 valence electrons. The molecule has 1 heterocycles. The molecule has 0 aromatic heterocycles. The van der Waals surface area contributed by atoms with Crippen LogP contribution in [0.2, 0.25) is 0 Å². The highest BCUT2D eigenvalue weighted by atomic mass is 32.2. The average molecular weight is 509 g/mol. The number of ether oxygens (including phenoxy) is 2. The summed E-state index contributed by atoms with van der Waals surface area (Å²) in [6.45, 7) is -0.103. The molecule has 0 spiro atoms. The van der Waals surface area contributed by atoms with Crippen molar-refractivity contribution in [1.82, 2.24) is 4.31 Å². The number of hydrogen-bond donors (Lipinski definition) is 0. The first kappa shape index (κ1) is 25.1. The van der Waals surface area contributed by atoms with Gasteiger partial charge in [0.2, 0.25) is 15.9 Å². The first-order chi connectivity index (χ1) is 17.3. The Labute approximate surface area is 208 Å². The molecule has 1 atom stereocenters. The Morgan fingerprint density at radius 1 is 0.944 bits per heavy atom. The zero-order valence-corrected chi connectivity index (χ0v) is 20.5. The summed E-state index contributed by atoms with van der Waals surface area (Å²) in [5, 5.41) is 0. The number of nitrogens with zero attached hydrogens (tertiary/aromatic N) is 2. The number of esters is 1. The van der Waals surface area contributed by atoms with Gasteiger partial charge in [-0.05, 0) is 54.1 Å². The number of carbonyl (C=O) groups is 3. The second-order valence-electron chi connectivity index (χ2n) is 8.04. The van der Waals surface area contributed by atoms with E-state index >= 15 is 0 Å². The van der Waals surface area contributed by atoms with E-state index in [2.05, 4.69) is 4.74 Å². The number of anilines is 1. The molecule has 1 aliphatic heterocycles. The molecule has 0 radical (unpaired) electrons. The quantitative estimate of drug-likeness (QED) is 0.340. The van der Waals surface area contributed by atoms with Gasteiger partial charge in [-0.15, -0.1) is 0 Å². The molecule has 9 nitrogen and oxygen atoms in total. The highest BCUT2D eigenvalue weighted by Crippen LogP contribution is 2.31. The Balaban J connectivity index is 1.70. The first-order valence-corrected chi connectivity index (χ1v) is 12.4. The van der Waals surface area contributed by atoms with Crippen molar-refractivity contribution >= 4 is 33.5 Å². The molecule has 3 aromatic carbocycles. The van der Waals surface area contributed by atoms with Gasteiger partial charge in [-0.25, -0.2) is 18.1 Å². The maximum absolute atomic E-state index is 13.7. The van der Waals surface area contributed by atoms with Gasteiger partial charge >= 0.3 is 5.97 Å². The predicted octanol–water partition coefficient (Wildman–Crippen LogP) is 3.00. The molecule has 0 N–H and O–H groups in total. The van der Waals surface area contributed by atoms with E-state index in [0.717, 1.165) is 9.21 Å². The van der Waals surface area contributed by atoms with E-state index in [4.69, 9.17) is 4.74 Å². The minimum Gasteiger partial charge on any atom is -0.497 e. The fourth-order valence-electron chi connectivity index (χ4n) is 3.99. The van der Waals surface area contributed by atoms with Crippen LogP contribution in [0.5, 0.6) is 5.75 Å². The van der Waals surface area contributed by atoms with Crippen molar-refractivity contribution in [3.05, 3.63) is 90.0 Å². The molecule has 10 heteroatoms. The van der Waals surface area contributed by atoms with Crippen LogP contribution >= 0.6 is 0 Å². The van der Waals surface area contributed by atoms with Gasteiger partial charge in [-0.1, -0.05) is 30.3 Å². The maximum atomic E-state index is 13.7. The van der Waals surface area contributed by atoms with Gasteiger partial charge < -0.3 is 9.47 Å². The third-order valence-electron chi connectivity index (χ3n) is 5.86. The molecule has 1 fully saturated rings. The Morgan fingerprint density at radius 3 is 2.17 bits per heavy atom. The van der Waals surface area contributed by atoms with E-state index in [1.54, 1.807) is 30.3 Å². The van der Waals surface area contributed by atoms with Crippen LogP contribution in [0, 0.1) is 0 Å². The summed E-state index contributed by atoms with van der Waals surface area (Å²) in [5.41, 5.74) is 1.15. The topological polar surface area (TPSA) is 110 Å². The van der Waals surface area contributed by atoms with Gasteiger partial charge in [0, 0.05) is 6.54 Å². The lowest BCUT2D eigenvalue weighted by atomic mass is 10.2. The summed E-state index contributed by atoms with van der Waals surface area (Å²) in [4.78, 5) is 39.1. The minimum atomic E-state index is -4.17. The zero-order chi connectivity index (χ0) is 25.9. The summed E-state index contributed by atoms with van der Waals surface area (Å²) in [6, 6.07) is 19.2. The number of carbonyl (C=O) groups excluding carboxylic acids is 3. The Kier molecular flexibility index (Phi) is 7.18. The SMILES string of the molecule is COC(=O)c1ccc(N2C(=O)CC(N(Cc3ccccc3)S(=O)(=O)c3ccc(OC)cc3)C2=O)cc1. The van der Waals surface area contributed by atoms with Gasteiger partial charge in [0.1, 0.15) is 11.8 Å². The van der Waals surface area contributed by atoms with Crippen LogP contribution in [0.4, 0.5) is 5.69 Å². The molecular formula is C26H24N2O7S. The van der Waals surface area contributed by atoms with E-state index in [1.807, 2.05) is 0 Å². The normalized spacial score (nSPS) is 15.9. The van der Waals surface area contributed by atoms with Crippen molar-refractivity contribution in [2.24, 2.45) is 0 Å². The second-order valence-corrected chi connectivity index (χ2v) is 9.93. The number of methoxy groups -OCH3 is 2. The van der Waals surface area contributed by atoms with Crippen LogP contribution in [-0.4, -0.2) is 50.8 Å². The highest BCUT2D eigenvalue weighted by Gasteiger charge is 2.47. The fraction of sp³-hybridized carbons (Fsp3) is 0.192. The zero-order valence-electron chi connectivity index (χ0n) is 19.7. The van der Waals surface area contributed by atoms with Gasteiger partial charge in [0.05, 0.1) is 36.8 Å². The second kappa shape index (κ2) is 10.3. The molecule has 4 rings (SSSR count). The largest absolute Gasteiger partial charge is 0.497 e. The van der Waals surface area contributed by atoms with E-state index in [0.29, 0.717) is 11.3 Å². The minimum absolute atomic E-state index is 0.0274. The Morgan fingerprint density at radius 2 is 1.58 bits per heavy atom. The van der Waals surface area contributed by atoms with E-state index < -0.39 is 33.8 Å². The predicted molar refractivity (Wildman–Crippen MR) is 131 cm³/mol. The van der Waals surface area contributed by atoms with Crippen LogP contribution in [0.15, 0.2) is 83.8 Å². The van der Waals surface area contributed by atoms with Crippen molar-refractivity contribution in [2.75, 3.05) is 19.1 Å². The molecule has 36 heavy (non-hydrogen) atoms. The molecule has 0 saturated carbocycles. The van der Waals surface area contributed by atoms with Crippen molar-refractivity contribution in [3.8, 4) is 5.75 Å². The van der Waals surface area contributed by atoms with Crippen LogP contribution in [0.25, 0.3) is 0 Å². The van der Waals surface area contributed by atoms with Crippen LogP contribution < -0.4 is 9.64 Å².